The van der Waals surface area contributed by atoms with Gasteiger partial charge in [0.25, 0.3) is 0 Å². The molecule has 0 saturated carbocycles. The molecule has 18 heavy (non-hydrogen) atoms. The van der Waals surface area contributed by atoms with Gasteiger partial charge in [-0.2, -0.15) is 13.2 Å². The van der Waals surface area contributed by atoms with Crippen LogP contribution >= 0.6 is 22.6 Å². The fourth-order valence-electron chi connectivity index (χ4n) is 1.94. The fourth-order valence-corrected chi connectivity index (χ4v) is 2.43. The minimum atomic E-state index is -4.32. The second-order valence-corrected chi connectivity index (χ2v) is 5.46. The van der Waals surface area contributed by atoms with Crippen molar-refractivity contribution in [2.75, 3.05) is 18.5 Å². The van der Waals surface area contributed by atoms with Gasteiger partial charge >= 0.3 is 6.18 Å². The summed E-state index contributed by atoms with van der Waals surface area (Å²) in [6.07, 6.45) is -2.85. The number of hydrogen-bond acceptors (Lipinski definition) is 2. The van der Waals surface area contributed by atoms with Gasteiger partial charge in [-0.25, -0.2) is 0 Å². The van der Waals surface area contributed by atoms with Crippen LogP contribution in [0.2, 0.25) is 0 Å². The van der Waals surface area contributed by atoms with Gasteiger partial charge in [0.2, 0.25) is 0 Å². The molecule has 1 aliphatic heterocycles. The van der Waals surface area contributed by atoms with Crippen LogP contribution in [0.4, 0.5) is 18.9 Å². The minimum absolute atomic E-state index is 0.0555. The van der Waals surface area contributed by atoms with Crippen molar-refractivity contribution in [3.63, 3.8) is 0 Å². The van der Waals surface area contributed by atoms with Crippen molar-refractivity contribution in [2.45, 2.75) is 25.1 Å². The zero-order valence-electron chi connectivity index (χ0n) is 9.56. The summed E-state index contributed by atoms with van der Waals surface area (Å²) in [7, 11) is 0. The van der Waals surface area contributed by atoms with E-state index in [0.717, 1.165) is 12.8 Å². The monoisotopic (exact) mass is 371 g/mol. The van der Waals surface area contributed by atoms with Crippen LogP contribution in [-0.2, 0) is 10.9 Å². The van der Waals surface area contributed by atoms with Crippen LogP contribution < -0.4 is 5.32 Å². The summed E-state index contributed by atoms with van der Waals surface area (Å²) in [5, 5.41) is 2.98. The number of halogens is 4. The van der Waals surface area contributed by atoms with E-state index in [0.29, 0.717) is 16.8 Å². The maximum absolute atomic E-state index is 12.9. The van der Waals surface area contributed by atoms with E-state index in [9.17, 15) is 13.2 Å². The van der Waals surface area contributed by atoms with E-state index in [1.165, 1.54) is 12.1 Å². The van der Waals surface area contributed by atoms with Gasteiger partial charge in [0.15, 0.2) is 0 Å². The minimum Gasteiger partial charge on any atom is -0.382 e. The smallest absolute Gasteiger partial charge is 0.382 e. The predicted octanol–water partition coefficient (Wildman–Crippen LogP) is 3.90. The summed E-state index contributed by atoms with van der Waals surface area (Å²) in [5.41, 5.74) is -0.435. The fraction of sp³-hybridized carbons (Fsp3) is 0.500. The topological polar surface area (TPSA) is 21.3 Å². The quantitative estimate of drug-likeness (QED) is 0.797. The molecule has 1 aliphatic rings. The number of nitrogens with one attached hydrogen (secondary N) is 1. The number of hydrogen-bond donors (Lipinski definition) is 1. The van der Waals surface area contributed by atoms with Crippen LogP contribution in [0.3, 0.4) is 0 Å². The first-order chi connectivity index (χ1) is 8.47. The lowest BCUT2D eigenvalue weighted by Gasteiger charge is -2.25. The van der Waals surface area contributed by atoms with Crippen molar-refractivity contribution in [1.29, 1.82) is 0 Å². The highest BCUT2D eigenvalue weighted by molar-refractivity contribution is 14.1. The molecule has 0 radical (unpaired) electrons. The first kappa shape index (κ1) is 13.9. The van der Waals surface area contributed by atoms with Gasteiger partial charge < -0.3 is 10.1 Å². The molecule has 1 N–H and O–H groups in total. The Morgan fingerprint density at radius 1 is 1.22 bits per heavy atom. The predicted molar refractivity (Wildman–Crippen MR) is 71.6 cm³/mol. The van der Waals surface area contributed by atoms with Gasteiger partial charge in [0.05, 0.1) is 5.56 Å². The highest BCUT2D eigenvalue weighted by Gasteiger charge is 2.34. The lowest BCUT2D eigenvalue weighted by Crippen LogP contribution is -2.28. The molecule has 1 aromatic carbocycles. The summed E-state index contributed by atoms with van der Waals surface area (Å²) in [6, 6.07) is 4.40. The Morgan fingerprint density at radius 3 is 2.50 bits per heavy atom. The van der Waals surface area contributed by atoms with Crippen molar-refractivity contribution in [1.82, 2.24) is 0 Å². The van der Waals surface area contributed by atoms with E-state index >= 15 is 0 Å². The molecule has 0 aliphatic carbocycles. The van der Waals surface area contributed by atoms with Gasteiger partial charge in [-0.1, -0.05) is 0 Å². The van der Waals surface area contributed by atoms with Crippen molar-refractivity contribution in [3.8, 4) is 0 Å². The Balaban J connectivity index is 2.21. The lowest BCUT2D eigenvalue weighted by atomic mass is 10.1. The number of benzene rings is 1. The number of ether oxygens (including phenoxy) is 1. The van der Waals surface area contributed by atoms with E-state index < -0.39 is 11.7 Å². The number of rotatable bonds is 2. The third kappa shape index (κ3) is 3.50. The molecule has 0 bridgehead atoms. The van der Waals surface area contributed by atoms with E-state index in [2.05, 4.69) is 5.32 Å². The van der Waals surface area contributed by atoms with Crippen LogP contribution in [0.25, 0.3) is 0 Å². The van der Waals surface area contributed by atoms with Gasteiger partial charge in [0.1, 0.15) is 0 Å². The first-order valence-corrected chi connectivity index (χ1v) is 6.76. The Kier molecular flexibility index (Phi) is 4.37. The zero-order chi connectivity index (χ0) is 13.2. The molecule has 1 saturated heterocycles. The van der Waals surface area contributed by atoms with Gasteiger partial charge in [-0.05, 0) is 53.6 Å². The van der Waals surface area contributed by atoms with Crippen molar-refractivity contribution in [3.05, 3.63) is 27.3 Å². The summed E-state index contributed by atoms with van der Waals surface area (Å²) < 4.78 is 44.5. The maximum Gasteiger partial charge on any atom is 0.418 e. The van der Waals surface area contributed by atoms with Gasteiger partial charge in [0, 0.05) is 28.5 Å². The second-order valence-electron chi connectivity index (χ2n) is 4.22. The molecule has 2 nitrogen and oxygen atoms in total. The molecule has 0 amide bonds. The summed E-state index contributed by atoms with van der Waals surface area (Å²) in [5.74, 6) is 0. The molecule has 1 fully saturated rings. The molecule has 6 heteroatoms. The maximum atomic E-state index is 12.9. The summed E-state index contributed by atoms with van der Waals surface area (Å²) in [6.45, 7) is 1.20. The number of alkyl halides is 3. The van der Waals surface area contributed by atoms with Crippen LogP contribution in [0.5, 0.6) is 0 Å². The Bertz CT molecular complexity index is 416. The van der Waals surface area contributed by atoms with E-state index in [1.807, 2.05) is 22.6 Å². The van der Waals surface area contributed by atoms with Crippen molar-refractivity contribution < 1.29 is 17.9 Å². The van der Waals surface area contributed by atoms with Crippen LogP contribution in [0.15, 0.2) is 18.2 Å². The molecule has 100 valence electrons. The normalized spacial score (nSPS) is 17.8. The molecule has 0 spiro atoms. The van der Waals surface area contributed by atoms with Crippen molar-refractivity contribution in [2.24, 2.45) is 0 Å². The summed E-state index contributed by atoms with van der Waals surface area (Å²) >= 11 is 1.89. The highest BCUT2D eigenvalue weighted by Crippen LogP contribution is 2.36. The Hall–Kier alpha value is -0.500. The third-order valence-corrected chi connectivity index (χ3v) is 3.54. The van der Waals surface area contributed by atoms with Crippen LogP contribution in [0.1, 0.15) is 18.4 Å². The average molecular weight is 371 g/mol. The Labute approximate surface area is 117 Å². The van der Waals surface area contributed by atoms with Gasteiger partial charge in [-0.3, -0.25) is 0 Å². The average Bonchev–Trinajstić information content (AvgIpc) is 2.31. The molecule has 2 rings (SSSR count). The second kappa shape index (κ2) is 5.64. The zero-order valence-corrected chi connectivity index (χ0v) is 11.7. The SMILES string of the molecule is FC(F)(F)c1cc(I)ccc1NC1CCOCC1. The van der Waals surface area contributed by atoms with Crippen LogP contribution in [0, 0.1) is 3.57 Å². The standard InChI is InChI=1S/C12H13F3INO/c13-12(14,15)10-7-8(16)1-2-11(10)17-9-3-5-18-6-4-9/h1-2,7,9,17H,3-6H2. The Morgan fingerprint density at radius 2 is 1.89 bits per heavy atom. The van der Waals surface area contributed by atoms with E-state index in [4.69, 9.17) is 4.74 Å². The third-order valence-electron chi connectivity index (χ3n) is 2.87. The number of anilines is 1. The summed E-state index contributed by atoms with van der Waals surface area (Å²) in [4.78, 5) is 0. The molecule has 1 heterocycles. The van der Waals surface area contributed by atoms with E-state index in [-0.39, 0.29) is 11.7 Å². The first-order valence-electron chi connectivity index (χ1n) is 5.68. The largest absolute Gasteiger partial charge is 0.418 e. The van der Waals surface area contributed by atoms with E-state index in [1.54, 1.807) is 6.07 Å². The molecule has 1 aromatic rings. The molecule has 0 aromatic heterocycles. The molecule has 0 atom stereocenters. The molecule has 0 unspecified atom stereocenters. The highest BCUT2D eigenvalue weighted by atomic mass is 127. The van der Waals surface area contributed by atoms with Gasteiger partial charge in [-0.15, -0.1) is 0 Å². The molecular formula is C12H13F3INO. The molecular weight excluding hydrogens is 358 g/mol. The van der Waals surface area contributed by atoms with Crippen LogP contribution in [-0.4, -0.2) is 19.3 Å². The lowest BCUT2D eigenvalue weighted by molar-refractivity contribution is -0.137. The van der Waals surface area contributed by atoms with Crippen molar-refractivity contribution >= 4 is 28.3 Å².